The Hall–Kier alpha value is -1.38. The van der Waals surface area contributed by atoms with E-state index in [1.807, 2.05) is 0 Å². The molecule has 0 spiro atoms. The largest absolute Gasteiger partial charge is 0.416 e. The van der Waals surface area contributed by atoms with Crippen LogP contribution in [-0.2, 0) is 22.7 Å². The number of alkyl halides is 3. The smallest absolute Gasteiger partial charge is 0.207 e. The highest BCUT2D eigenvalue weighted by Gasteiger charge is 2.32. The molecule has 0 aromatic heterocycles. The lowest BCUT2D eigenvalue weighted by Crippen LogP contribution is -2.26. The van der Waals surface area contributed by atoms with Gasteiger partial charge >= 0.3 is 6.18 Å². The highest BCUT2D eigenvalue weighted by atomic mass is 79.9. The summed E-state index contributed by atoms with van der Waals surface area (Å²) in [7, 11) is -2.68. The molecule has 0 atom stereocenters. The summed E-state index contributed by atoms with van der Waals surface area (Å²) in [5, 5.41) is 0. The van der Waals surface area contributed by atoms with Crippen molar-refractivity contribution in [1.82, 2.24) is 4.31 Å². The molecule has 3 nitrogen and oxygen atoms in total. The Balaban J connectivity index is 2.28. The Morgan fingerprint density at radius 2 is 1.70 bits per heavy atom. The maximum Gasteiger partial charge on any atom is 0.416 e. The molecule has 0 aliphatic carbocycles. The molecule has 0 amide bonds. The molecule has 0 heterocycles. The van der Waals surface area contributed by atoms with Crippen LogP contribution in [0, 0.1) is 0 Å². The van der Waals surface area contributed by atoms with E-state index in [9.17, 15) is 21.6 Å². The van der Waals surface area contributed by atoms with Gasteiger partial charge < -0.3 is 0 Å². The molecule has 2 aromatic carbocycles. The van der Waals surface area contributed by atoms with Crippen LogP contribution >= 0.6 is 15.9 Å². The Morgan fingerprint density at radius 3 is 2.26 bits per heavy atom. The third-order valence-electron chi connectivity index (χ3n) is 3.19. The van der Waals surface area contributed by atoms with Gasteiger partial charge in [0.1, 0.15) is 0 Å². The van der Waals surface area contributed by atoms with Crippen molar-refractivity contribution in [1.29, 1.82) is 0 Å². The first-order chi connectivity index (χ1) is 10.6. The highest BCUT2D eigenvalue weighted by molar-refractivity contribution is 9.10. The summed E-state index contributed by atoms with van der Waals surface area (Å²) in [6, 6.07) is 10.7. The predicted molar refractivity (Wildman–Crippen MR) is 84.2 cm³/mol. The standard InChI is InChI=1S/C15H13BrF3NO2S/c1-20(10-11-5-7-13(16)8-6-11)23(21,22)14-4-2-3-12(9-14)15(17,18)19/h2-9H,10H2,1H3. The van der Waals surface area contributed by atoms with Crippen LogP contribution in [0.2, 0.25) is 0 Å². The number of nitrogens with zero attached hydrogens (tertiary/aromatic N) is 1. The molecular weight excluding hydrogens is 395 g/mol. The van der Waals surface area contributed by atoms with E-state index >= 15 is 0 Å². The lowest BCUT2D eigenvalue weighted by Gasteiger charge is -2.18. The van der Waals surface area contributed by atoms with Crippen molar-refractivity contribution in [3.63, 3.8) is 0 Å². The van der Waals surface area contributed by atoms with Gasteiger partial charge in [-0.25, -0.2) is 8.42 Å². The van der Waals surface area contributed by atoms with Gasteiger partial charge in [-0.3, -0.25) is 0 Å². The van der Waals surface area contributed by atoms with Crippen LogP contribution in [0.5, 0.6) is 0 Å². The average molecular weight is 408 g/mol. The van der Waals surface area contributed by atoms with Crippen LogP contribution in [0.25, 0.3) is 0 Å². The summed E-state index contributed by atoms with van der Waals surface area (Å²) in [6.07, 6.45) is -4.59. The van der Waals surface area contributed by atoms with Gasteiger partial charge in [0, 0.05) is 18.1 Å². The normalized spacial score (nSPS) is 12.6. The molecule has 0 fully saturated rings. The Bertz CT molecular complexity index is 789. The fraction of sp³-hybridized carbons (Fsp3) is 0.200. The summed E-state index contributed by atoms with van der Waals surface area (Å²) in [4.78, 5) is -0.382. The topological polar surface area (TPSA) is 37.4 Å². The maximum absolute atomic E-state index is 12.7. The van der Waals surface area contributed by atoms with Crippen LogP contribution in [0.3, 0.4) is 0 Å². The second-order valence-electron chi connectivity index (χ2n) is 4.91. The monoisotopic (exact) mass is 407 g/mol. The number of rotatable bonds is 4. The molecule has 0 bridgehead atoms. The zero-order valence-electron chi connectivity index (χ0n) is 12.0. The number of benzene rings is 2. The third-order valence-corrected chi connectivity index (χ3v) is 5.52. The van der Waals surface area contributed by atoms with Gasteiger partial charge in [0.15, 0.2) is 0 Å². The quantitative estimate of drug-likeness (QED) is 0.757. The zero-order valence-corrected chi connectivity index (χ0v) is 14.4. The Morgan fingerprint density at radius 1 is 1.09 bits per heavy atom. The molecule has 0 aliphatic heterocycles. The van der Waals surface area contributed by atoms with E-state index in [1.165, 1.54) is 7.05 Å². The van der Waals surface area contributed by atoms with Crippen molar-refractivity contribution in [2.45, 2.75) is 17.6 Å². The second kappa shape index (κ2) is 6.62. The molecule has 0 radical (unpaired) electrons. The van der Waals surface area contributed by atoms with E-state index < -0.39 is 21.8 Å². The number of halogens is 4. The molecule has 8 heteroatoms. The molecule has 0 saturated heterocycles. The van der Waals surface area contributed by atoms with Gasteiger partial charge in [-0.2, -0.15) is 17.5 Å². The summed E-state index contributed by atoms with van der Waals surface area (Å²) < 4.78 is 64.9. The second-order valence-corrected chi connectivity index (χ2v) is 7.87. The molecule has 0 aliphatic rings. The lowest BCUT2D eigenvalue weighted by molar-refractivity contribution is -0.137. The fourth-order valence-corrected chi connectivity index (χ4v) is 3.41. The van der Waals surface area contributed by atoms with Crippen molar-refractivity contribution in [3.8, 4) is 0 Å². The van der Waals surface area contributed by atoms with E-state index in [0.29, 0.717) is 6.07 Å². The maximum atomic E-state index is 12.7. The van der Waals surface area contributed by atoms with Crippen molar-refractivity contribution in [3.05, 3.63) is 64.1 Å². The minimum absolute atomic E-state index is 0.0614. The van der Waals surface area contributed by atoms with Crippen molar-refractivity contribution >= 4 is 26.0 Å². The molecule has 2 rings (SSSR count). The molecule has 23 heavy (non-hydrogen) atoms. The number of sulfonamides is 1. The molecule has 124 valence electrons. The SMILES string of the molecule is CN(Cc1ccc(Br)cc1)S(=O)(=O)c1cccc(C(F)(F)F)c1. The third kappa shape index (κ3) is 4.33. The van der Waals surface area contributed by atoms with Crippen molar-refractivity contribution in [2.75, 3.05) is 7.05 Å². The van der Waals surface area contributed by atoms with Gasteiger partial charge in [0.05, 0.1) is 10.5 Å². The molecule has 0 saturated carbocycles. The van der Waals surface area contributed by atoms with Crippen LogP contribution in [0.15, 0.2) is 57.9 Å². The lowest BCUT2D eigenvalue weighted by atomic mass is 10.2. The van der Waals surface area contributed by atoms with Gasteiger partial charge in [0.25, 0.3) is 0 Å². The van der Waals surface area contributed by atoms with Gasteiger partial charge in [-0.1, -0.05) is 34.1 Å². The minimum atomic E-state index is -4.59. The summed E-state index contributed by atoms with van der Waals surface area (Å²) in [6.45, 7) is 0.0614. The van der Waals surface area contributed by atoms with Crippen LogP contribution in [0.4, 0.5) is 13.2 Å². The average Bonchev–Trinajstić information content (AvgIpc) is 2.49. The summed E-state index contributed by atoms with van der Waals surface area (Å²) >= 11 is 3.28. The molecule has 0 N–H and O–H groups in total. The minimum Gasteiger partial charge on any atom is -0.207 e. The Labute approximate surface area is 140 Å². The molecular formula is C15H13BrF3NO2S. The highest BCUT2D eigenvalue weighted by Crippen LogP contribution is 2.31. The van der Waals surface area contributed by atoms with Gasteiger partial charge in [0.2, 0.25) is 10.0 Å². The summed E-state index contributed by atoms with van der Waals surface area (Å²) in [5.41, 5.74) is -0.262. The summed E-state index contributed by atoms with van der Waals surface area (Å²) in [5.74, 6) is 0. The van der Waals surface area contributed by atoms with Crippen LogP contribution in [-0.4, -0.2) is 19.8 Å². The van der Waals surface area contributed by atoms with E-state index in [0.717, 1.165) is 32.5 Å². The van der Waals surface area contributed by atoms with E-state index in [-0.39, 0.29) is 11.4 Å². The number of hydrogen-bond acceptors (Lipinski definition) is 2. The van der Waals surface area contributed by atoms with Gasteiger partial charge in [-0.05, 0) is 35.9 Å². The van der Waals surface area contributed by atoms with E-state index in [1.54, 1.807) is 24.3 Å². The zero-order chi connectivity index (χ0) is 17.3. The fourth-order valence-electron chi connectivity index (χ4n) is 1.94. The number of hydrogen-bond donors (Lipinski definition) is 0. The van der Waals surface area contributed by atoms with Crippen LogP contribution in [0.1, 0.15) is 11.1 Å². The molecule has 0 unspecified atom stereocenters. The predicted octanol–water partition coefficient (Wildman–Crippen LogP) is 4.29. The molecule has 2 aromatic rings. The first kappa shape index (κ1) is 18.0. The van der Waals surface area contributed by atoms with Crippen molar-refractivity contribution in [2.24, 2.45) is 0 Å². The Kier molecular flexibility index (Phi) is 5.17. The van der Waals surface area contributed by atoms with Crippen molar-refractivity contribution < 1.29 is 21.6 Å². The van der Waals surface area contributed by atoms with E-state index in [4.69, 9.17) is 0 Å². The van der Waals surface area contributed by atoms with E-state index in [2.05, 4.69) is 15.9 Å². The first-order valence-corrected chi connectivity index (χ1v) is 8.72. The van der Waals surface area contributed by atoms with Gasteiger partial charge in [-0.15, -0.1) is 0 Å². The van der Waals surface area contributed by atoms with Crippen LogP contribution < -0.4 is 0 Å². The first-order valence-electron chi connectivity index (χ1n) is 6.49.